The summed E-state index contributed by atoms with van der Waals surface area (Å²) in [6.07, 6.45) is 2.69. The lowest BCUT2D eigenvalue weighted by molar-refractivity contribution is 0.0680. The fraction of sp³-hybridized carbons (Fsp3) is 0.583. The summed E-state index contributed by atoms with van der Waals surface area (Å²) >= 11 is 3.30. The van der Waals surface area contributed by atoms with Gasteiger partial charge < -0.3 is 14.4 Å². The number of hydrogen-bond donors (Lipinski definition) is 1. The first-order chi connectivity index (χ1) is 7.85. The van der Waals surface area contributed by atoms with Crippen molar-refractivity contribution in [2.24, 2.45) is 5.41 Å². The molecular formula is C12H18BrNO3. The van der Waals surface area contributed by atoms with Gasteiger partial charge in [0.25, 0.3) is 0 Å². The molecule has 0 aliphatic carbocycles. The number of nitrogens with zero attached hydrogens (tertiary/aromatic N) is 1. The Labute approximate surface area is 110 Å². The molecule has 5 heteroatoms. The minimum atomic E-state index is -0.904. The van der Waals surface area contributed by atoms with Crippen LogP contribution < -0.4 is 0 Å². The SMILES string of the molecule is COCCC(C)(C)Cn1cc(Br)cc1C(=O)O. The number of carboxylic acids is 1. The second-order valence-corrected chi connectivity index (χ2v) is 5.80. The molecule has 0 saturated carbocycles. The molecule has 0 aliphatic heterocycles. The molecule has 4 nitrogen and oxygen atoms in total. The van der Waals surface area contributed by atoms with Gasteiger partial charge in [-0.2, -0.15) is 0 Å². The fourth-order valence-electron chi connectivity index (χ4n) is 1.70. The average molecular weight is 304 g/mol. The van der Waals surface area contributed by atoms with E-state index < -0.39 is 5.97 Å². The van der Waals surface area contributed by atoms with E-state index >= 15 is 0 Å². The van der Waals surface area contributed by atoms with Gasteiger partial charge in [-0.05, 0) is 33.8 Å². The van der Waals surface area contributed by atoms with Crippen molar-refractivity contribution in [3.8, 4) is 0 Å². The van der Waals surface area contributed by atoms with Crippen LogP contribution in [-0.4, -0.2) is 29.4 Å². The van der Waals surface area contributed by atoms with Crippen LogP contribution in [0.5, 0.6) is 0 Å². The highest BCUT2D eigenvalue weighted by atomic mass is 79.9. The van der Waals surface area contributed by atoms with Crippen LogP contribution in [0.3, 0.4) is 0 Å². The van der Waals surface area contributed by atoms with Crippen LogP contribution in [0.1, 0.15) is 30.8 Å². The highest BCUT2D eigenvalue weighted by Crippen LogP contribution is 2.26. The van der Waals surface area contributed by atoms with E-state index in [2.05, 4.69) is 29.8 Å². The second-order valence-electron chi connectivity index (χ2n) is 4.88. The first-order valence-electron chi connectivity index (χ1n) is 5.43. The lowest BCUT2D eigenvalue weighted by atomic mass is 9.89. The summed E-state index contributed by atoms with van der Waals surface area (Å²) in [5, 5.41) is 9.09. The minimum absolute atomic E-state index is 0.00132. The Kier molecular flexibility index (Phi) is 4.77. The maximum Gasteiger partial charge on any atom is 0.352 e. The van der Waals surface area contributed by atoms with Crippen molar-refractivity contribution in [1.82, 2.24) is 4.57 Å². The van der Waals surface area contributed by atoms with Gasteiger partial charge in [-0.3, -0.25) is 0 Å². The number of carbonyl (C=O) groups is 1. The highest BCUT2D eigenvalue weighted by Gasteiger charge is 2.21. The number of rotatable bonds is 6. The number of aromatic carboxylic acids is 1. The summed E-state index contributed by atoms with van der Waals surface area (Å²) in [5.74, 6) is -0.904. The summed E-state index contributed by atoms with van der Waals surface area (Å²) in [6.45, 7) is 5.54. The van der Waals surface area contributed by atoms with Crippen LogP contribution in [0.15, 0.2) is 16.7 Å². The van der Waals surface area contributed by atoms with E-state index in [1.54, 1.807) is 23.9 Å². The molecule has 0 amide bonds. The number of methoxy groups -OCH3 is 1. The second kappa shape index (κ2) is 5.69. The largest absolute Gasteiger partial charge is 0.477 e. The predicted molar refractivity (Wildman–Crippen MR) is 69.4 cm³/mol. The van der Waals surface area contributed by atoms with Gasteiger partial charge in [0, 0.05) is 30.9 Å². The van der Waals surface area contributed by atoms with Gasteiger partial charge in [0.15, 0.2) is 0 Å². The maximum absolute atomic E-state index is 11.1. The van der Waals surface area contributed by atoms with Crippen LogP contribution in [0, 0.1) is 5.41 Å². The van der Waals surface area contributed by atoms with E-state index in [0.29, 0.717) is 18.8 Å². The van der Waals surface area contributed by atoms with E-state index in [1.165, 1.54) is 0 Å². The zero-order valence-electron chi connectivity index (χ0n) is 10.4. The van der Waals surface area contributed by atoms with E-state index in [0.717, 1.165) is 10.9 Å². The number of aromatic nitrogens is 1. The molecule has 0 saturated heterocycles. The molecule has 0 unspecified atom stereocenters. The lowest BCUT2D eigenvalue weighted by Gasteiger charge is -2.25. The summed E-state index contributed by atoms with van der Waals surface area (Å²) < 4.78 is 7.62. The zero-order chi connectivity index (χ0) is 13.1. The van der Waals surface area contributed by atoms with Crippen molar-refractivity contribution in [2.75, 3.05) is 13.7 Å². The fourth-order valence-corrected chi connectivity index (χ4v) is 2.17. The van der Waals surface area contributed by atoms with Crippen molar-refractivity contribution in [2.45, 2.75) is 26.8 Å². The summed E-state index contributed by atoms with van der Waals surface area (Å²) in [7, 11) is 1.67. The van der Waals surface area contributed by atoms with E-state index in [1.807, 2.05) is 0 Å². The Morgan fingerprint density at radius 3 is 2.76 bits per heavy atom. The Bertz CT molecular complexity index is 398. The number of halogens is 1. The van der Waals surface area contributed by atoms with Gasteiger partial charge >= 0.3 is 5.97 Å². The van der Waals surface area contributed by atoms with Crippen LogP contribution >= 0.6 is 15.9 Å². The van der Waals surface area contributed by atoms with Gasteiger partial charge in [0.05, 0.1) is 0 Å². The Morgan fingerprint density at radius 1 is 1.59 bits per heavy atom. The van der Waals surface area contributed by atoms with Gasteiger partial charge in [-0.1, -0.05) is 13.8 Å². The summed E-state index contributed by atoms with van der Waals surface area (Å²) in [6, 6.07) is 1.62. The first-order valence-corrected chi connectivity index (χ1v) is 6.23. The predicted octanol–water partition coefficient (Wildman–Crippen LogP) is 3.01. The zero-order valence-corrected chi connectivity index (χ0v) is 12.0. The van der Waals surface area contributed by atoms with Gasteiger partial charge in [-0.25, -0.2) is 4.79 Å². The molecule has 17 heavy (non-hydrogen) atoms. The molecule has 1 aromatic heterocycles. The van der Waals surface area contributed by atoms with E-state index in [4.69, 9.17) is 9.84 Å². The molecule has 0 aliphatic rings. The van der Waals surface area contributed by atoms with Crippen molar-refractivity contribution in [3.05, 3.63) is 22.4 Å². The lowest BCUT2D eigenvalue weighted by Crippen LogP contribution is -2.23. The van der Waals surface area contributed by atoms with Gasteiger partial charge in [0.1, 0.15) is 5.69 Å². The third-order valence-electron chi connectivity index (χ3n) is 2.66. The molecule has 1 aromatic rings. The van der Waals surface area contributed by atoms with Crippen LogP contribution in [0.25, 0.3) is 0 Å². The summed E-state index contributed by atoms with van der Waals surface area (Å²) in [4.78, 5) is 11.1. The van der Waals surface area contributed by atoms with Crippen LogP contribution in [0.2, 0.25) is 0 Å². The summed E-state index contributed by atoms with van der Waals surface area (Å²) in [5.41, 5.74) is 0.306. The average Bonchev–Trinajstić information content (AvgIpc) is 2.56. The van der Waals surface area contributed by atoms with Gasteiger partial charge in [0.2, 0.25) is 0 Å². The molecule has 0 spiro atoms. The molecule has 1 rings (SSSR count). The standard InChI is InChI=1S/C12H18BrNO3/c1-12(2,4-5-17-3)8-14-7-9(13)6-10(14)11(15)16/h6-7H,4-5,8H2,1-3H3,(H,15,16). The van der Waals surface area contributed by atoms with E-state index in [-0.39, 0.29) is 5.41 Å². The minimum Gasteiger partial charge on any atom is -0.477 e. The molecule has 0 bridgehead atoms. The topological polar surface area (TPSA) is 51.5 Å². The van der Waals surface area contributed by atoms with Gasteiger partial charge in [-0.15, -0.1) is 0 Å². The molecule has 0 aromatic carbocycles. The third kappa shape index (κ3) is 4.16. The third-order valence-corrected chi connectivity index (χ3v) is 3.10. The monoisotopic (exact) mass is 303 g/mol. The maximum atomic E-state index is 11.1. The molecule has 0 fully saturated rings. The molecule has 0 atom stereocenters. The Balaban J connectivity index is 2.83. The smallest absolute Gasteiger partial charge is 0.352 e. The van der Waals surface area contributed by atoms with Crippen molar-refractivity contribution < 1.29 is 14.6 Å². The molecular weight excluding hydrogens is 286 g/mol. The van der Waals surface area contributed by atoms with Crippen LogP contribution in [-0.2, 0) is 11.3 Å². The first kappa shape index (κ1) is 14.3. The number of ether oxygens (including phenoxy) is 1. The molecule has 1 heterocycles. The van der Waals surface area contributed by atoms with Crippen molar-refractivity contribution >= 4 is 21.9 Å². The van der Waals surface area contributed by atoms with Crippen molar-refractivity contribution in [1.29, 1.82) is 0 Å². The molecule has 0 radical (unpaired) electrons. The quantitative estimate of drug-likeness (QED) is 0.879. The number of hydrogen-bond acceptors (Lipinski definition) is 2. The van der Waals surface area contributed by atoms with Crippen molar-refractivity contribution in [3.63, 3.8) is 0 Å². The number of carboxylic acid groups (broad SMARTS) is 1. The normalized spacial score (nSPS) is 11.8. The highest BCUT2D eigenvalue weighted by molar-refractivity contribution is 9.10. The molecule has 96 valence electrons. The molecule has 1 N–H and O–H groups in total. The Hall–Kier alpha value is -0.810. The Morgan fingerprint density at radius 2 is 2.24 bits per heavy atom. The van der Waals surface area contributed by atoms with Crippen LogP contribution in [0.4, 0.5) is 0 Å². The van der Waals surface area contributed by atoms with E-state index in [9.17, 15) is 4.79 Å².